The first kappa shape index (κ1) is 15.4. The van der Waals surface area contributed by atoms with E-state index in [2.05, 4.69) is 5.32 Å². The van der Waals surface area contributed by atoms with E-state index < -0.39 is 17.1 Å². The average Bonchev–Trinajstić information content (AvgIpc) is 2.39. The molecule has 7 nitrogen and oxygen atoms in total. The Hall–Kier alpha value is -1.70. The van der Waals surface area contributed by atoms with Crippen LogP contribution in [-0.2, 0) is 9.47 Å². The van der Waals surface area contributed by atoms with Crippen molar-refractivity contribution in [2.75, 3.05) is 20.8 Å². The number of halogens is 1. The number of ether oxygens (including phenoxy) is 2. The van der Waals surface area contributed by atoms with E-state index in [4.69, 9.17) is 21.1 Å². The molecule has 0 aliphatic carbocycles. The number of carbonyl (C=O) groups excluding carboxylic acids is 1. The summed E-state index contributed by atoms with van der Waals surface area (Å²) in [6.45, 7) is 0.102. The lowest BCUT2D eigenvalue weighted by molar-refractivity contribution is -0.384. The molecule has 0 bridgehead atoms. The third kappa shape index (κ3) is 3.88. The highest BCUT2D eigenvalue weighted by Crippen LogP contribution is 2.27. The van der Waals surface area contributed by atoms with Crippen LogP contribution in [0.5, 0.6) is 0 Å². The van der Waals surface area contributed by atoms with Gasteiger partial charge in [0.2, 0.25) is 0 Å². The van der Waals surface area contributed by atoms with E-state index in [0.29, 0.717) is 0 Å². The molecule has 0 aliphatic heterocycles. The van der Waals surface area contributed by atoms with Gasteiger partial charge < -0.3 is 14.8 Å². The summed E-state index contributed by atoms with van der Waals surface area (Å²) >= 11 is 5.82. The van der Waals surface area contributed by atoms with Crippen LogP contribution in [0.4, 0.5) is 5.69 Å². The zero-order valence-corrected chi connectivity index (χ0v) is 11.1. The fourth-order valence-electron chi connectivity index (χ4n) is 1.37. The number of methoxy groups -OCH3 is 2. The van der Waals surface area contributed by atoms with E-state index in [0.717, 1.165) is 0 Å². The first-order valence-electron chi connectivity index (χ1n) is 5.28. The maximum atomic E-state index is 11.8. The van der Waals surface area contributed by atoms with E-state index in [-0.39, 0.29) is 22.8 Å². The average molecular weight is 289 g/mol. The van der Waals surface area contributed by atoms with Crippen LogP contribution in [0, 0.1) is 10.1 Å². The van der Waals surface area contributed by atoms with Crippen molar-refractivity contribution in [1.82, 2.24) is 5.32 Å². The van der Waals surface area contributed by atoms with Gasteiger partial charge in [-0.25, -0.2) is 0 Å². The molecule has 1 rings (SSSR count). The standard InChI is InChI=1S/C11H13ClN2O5/c1-18-9(19-2)6-13-11(15)7-4-3-5-8(10(7)12)14(16)17/h3-5,9H,6H2,1-2H3,(H,13,15). The van der Waals surface area contributed by atoms with Gasteiger partial charge in [0.1, 0.15) is 5.02 Å². The molecule has 0 radical (unpaired) electrons. The maximum Gasteiger partial charge on any atom is 0.288 e. The van der Waals surface area contributed by atoms with Crippen molar-refractivity contribution in [3.05, 3.63) is 38.9 Å². The highest BCUT2D eigenvalue weighted by molar-refractivity contribution is 6.35. The molecular weight excluding hydrogens is 276 g/mol. The Kier molecular flexibility index (Phi) is 5.68. The number of rotatable bonds is 6. The number of nitrogens with one attached hydrogen (secondary N) is 1. The molecule has 1 N–H and O–H groups in total. The monoisotopic (exact) mass is 288 g/mol. The van der Waals surface area contributed by atoms with Crippen LogP contribution in [0.1, 0.15) is 10.4 Å². The molecule has 8 heteroatoms. The van der Waals surface area contributed by atoms with Crippen molar-refractivity contribution in [3.8, 4) is 0 Å². The second-order valence-electron chi connectivity index (χ2n) is 3.51. The Bertz CT molecular complexity index is 476. The first-order chi connectivity index (χ1) is 9.01. The number of benzene rings is 1. The molecule has 0 aliphatic rings. The molecule has 0 saturated heterocycles. The van der Waals surface area contributed by atoms with Crippen molar-refractivity contribution >= 4 is 23.2 Å². The third-order valence-corrected chi connectivity index (χ3v) is 2.77. The number of nitro groups is 1. The second-order valence-corrected chi connectivity index (χ2v) is 3.88. The maximum absolute atomic E-state index is 11.8. The Labute approximate surface area is 114 Å². The topological polar surface area (TPSA) is 90.7 Å². The lowest BCUT2D eigenvalue weighted by Gasteiger charge is -2.14. The van der Waals surface area contributed by atoms with Gasteiger partial charge in [0, 0.05) is 20.3 Å². The number of carbonyl (C=O) groups is 1. The van der Waals surface area contributed by atoms with E-state index in [1.807, 2.05) is 0 Å². The minimum Gasteiger partial charge on any atom is -0.354 e. The number of hydrogen-bond donors (Lipinski definition) is 1. The molecule has 0 spiro atoms. The molecule has 0 saturated carbocycles. The summed E-state index contributed by atoms with van der Waals surface area (Å²) in [5, 5.41) is 13.0. The molecule has 1 aromatic carbocycles. The number of amides is 1. The van der Waals surface area contributed by atoms with Crippen LogP contribution in [0.3, 0.4) is 0 Å². The normalized spacial score (nSPS) is 10.5. The van der Waals surface area contributed by atoms with Gasteiger partial charge in [-0.1, -0.05) is 17.7 Å². The summed E-state index contributed by atoms with van der Waals surface area (Å²) in [5.74, 6) is -0.534. The lowest BCUT2D eigenvalue weighted by atomic mass is 10.2. The first-order valence-corrected chi connectivity index (χ1v) is 5.65. The third-order valence-electron chi connectivity index (χ3n) is 2.37. The molecule has 1 aromatic rings. The largest absolute Gasteiger partial charge is 0.354 e. The van der Waals surface area contributed by atoms with Gasteiger partial charge in [0.05, 0.1) is 17.0 Å². The number of nitro benzene ring substituents is 1. The van der Waals surface area contributed by atoms with Gasteiger partial charge in [-0.15, -0.1) is 0 Å². The molecular formula is C11H13ClN2O5. The van der Waals surface area contributed by atoms with E-state index in [1.165, 1.54) is 32.4 Å². The van der Waals surface area contributed by atoms with Gasteiger partial charge in [-0.05, 0) is 6.07 Å². The minimum atomic E-state index is -0.647. The van der Waals surface area contributed by atoms with Crippen molar-refractivity contribution in [1.29, 1.82) is 0 Å². The smallest absolute Gasteiger partial charge is 0.288 e. The Morgan fingerprint density at radius 1 is 1.47 bits per heavy atom. The summed E-state index contributed by atoms with van der Waals surface area (Å²) in [4.78, 5) is 21.9. The van der Waals surface area contributed by atoms with Crippen LogP contribution < -0.4 is 5.32 Å². The predicted octanol–water partition coefficient (Wildman–Crippen LogP) is 1.60. The zero-order chi connectivity index (χ0) is 14.4. The van der Waals surface area contributed by atoms with Crippen molar-refractivity contribution < 1.29 is 19.2 Å². The highest BCUT2D eigenvalue weighted by Gasteiger charge is 2.20. The summed E-state index contributed by atoms with van der Waals surface area (Å²) in [6.07, 6.45) is -0.596. The van der Waals surface area contributed by atoms with Gasteiger partial charge in [0.15, 0.2) is 6.29 Å². The van der Waals surface area contributed by atoms with Crippen molar-refractivity contribution in [2.24, 2.45) is 0 Å². The molecule has 0 atom stereocenters. The van der Waals surface area contributed by atoms with Crippen molar-refractivity contribution in [3.63, 3.8) is 0 Å². The second kappa shape index (κ2) is 7.03. The number of hydrogen-bond acceptors (Lipinski definition) is 5. The summed E-state index contributed by atoms with van der Waals surface area (Å²) in [5.41, 5.74) is -0.286. The van der Waals surface area contributed by atoms with E-state index >= 15 is 0 Å². The van der Waals surface area contributed by atoms with E-state index in [1.54, 1.807) is 0 Å². The van der Waals surface area contributed by atoms with E-state index in [9.17, 15) is 14.9 Å². The quantitative estimate of drug-likeness (QED) is 0.488. The number of nitrogens with zero attached hydrogens (tertiary/aromatic N) is 1. The molecule has 19 heavy (non-hydrogen) atoms. The van der Waals surface area contributed by atoms with Gasteiger partial charge in [-0.3, -0.25) is 14.9 Å². The van der Waals surface area contributed by atoms with Gasteiger partial charge in [0.25, 0.3) is 11.6 Å². The molecule has 104 valence electrons. The molecule has 0 fully saturated rings. The lowest BCUT2D eigenvalue weighted by Crippen LogP contribution is -2.34. The summed E-state index contributed by atoms with van der Waals surface area (Å²) in [6, 6.07) is 4.02. The van der Waals surface area contributed by atoms with Gasteiger partial charge in [-0.2, -0.15) is 0 Å². The van der Waals surface area contributed by atoms with Crippen LogP contribution in [0.2, 0.25) is 5.02 Å². The fourth-order valence-corrected chi connectivity index (χ4v) is 1.65. The minimum absolute atomic E-state index is 0.0295. The molecule has 0 heterocycles. The molecule has 1 amide bonds. The fraction of sp³-hybridized carbons (Fsp3) is 0.364. The zero-order valence-electron chi connectivity index (χ0n) is 10.4. The highest BCUT2D eigenvalue weighted by atomic mass is 35.5. The summed E-state index contributed by atoms with van der Waals surface area (Å²) < 4.78 is 9.80. The Balaban J connectivity index is 2.83. The SMILES string of the molecule is COC(CNC(=O)c1cccc([N+](=O)[O-])c1Cl)OC. The van der Waals surface area contributed by atoms with Crippen LogP contribution in [-0.4, -0.2) is 37.9 Å². The van der Waals surface area contributed by atoms with Crippen molar-refractivity contribution in [2.45, 2.75) is 6.29 Å². The van der Waals surface area contributed by atoms with Crippen LogP contribution >= 0.6 is 11.6 Å². The van der Waals surface area contributed by atoms with Gasteiger partial charge >= 0.3 is 0 Å². The van der Waals surface area contributed by atoms with Crippen LogP contribution in [0.15, 0.2) is 18.2 Å². The Morgan fingerprint density at radius 3 is 2.63 bits per heavy atom. The molecule has 0 aromatic heterocycles. The molecule has 0 unspecified atom stereocenters. The summed E-state index contributed by atoms with van der Waals surface area (Å²) in [7, 11) is 2.86. The van der Waals surface area contributed by atoms with Crippen LogP contribution in [0.25, 0.3) is 0 Å². The predicted molar refractivity (Wildman–Crippen MR) is 68.2 cm³/mol. The Morgan fingerprint density at radius 2 is 2.11 bits per heavy atom.